The summed E-state index contributed by atoms with van der Waals surface area (Å²) in [6.45, 7) is 5.96. The molecule has 58 valence electrons. The van der Waals surface area contributed by atoms with E-state index in [4.69, 9.17) is 0 Å². The van der Waals surface area contributed by atoms with Gasteiger partial charge in [-0.2, -0.15) is 0 Å². The monoisotopic (exact) mass is 208 g/mol. The minimum absolute atomic E-state index is 0.484. The molecular formula is C10H13As. The zero-order valence-corrected chi connectivity index (χ0v) is 9.17. The Morgan fingerprint density at radius 3 is 2.64 bits per heavy atom. The first-order chi connectivity index (χ1) is 5.25. The van der Waals surface area contributed by atoms with Gasteiger partial charge < -0.3 is 0 Å². The van der Waals surface area contributed by atoms with Crippen molar-refractivity contribution in [3.8, 4) is 0 Å². The summed E-state index contributed by atoms with van der Waals surface area (Å²) < 4.78 is 1.41. The number of rotatable bonds is 2. The Bertz CT molecular complexity index is 253. The molecule has 2 atom stereocenters. The summed E-state index contributed by atoms with van der Waals surface area (Å²) in [5.74, 6) is 0.484. The number of hydrogen-bond acceptors (Lipinski definition) is 0. The van der Waals surface area contributed by atoms with Gasteiger partial charge in [0, 0.05) is 0 Å². The Balaban J connectivity index is 3.02. The maximum absolute atomic E-state index is 3.79. The Hall–Kier alpha value is -0.482. The third-order valence-electron chi connectivity index (χ3n) is 1.84. The summed E-state index contributed by atoms with van der Waals surface area (Å²) in [5, 5.41) is 0. The van der Waals surface area contributed by atoms with E-state index in [9.17, 15) is 0 Å². The van der Waals surface area contributed by atoms with Crippen LogP contribution < -0.4 is 4.35 Å². The molecule has 0 aromatic heterocycles. The van der Waals surface area contributed by atoms with Crippen LogP contribution in [0.5, 0.6) is 0 Å². The van der Waals surface area contributed by atoms with Gasteiger partial charge >= 0.3 is 76.5 Å². The maximum atomic E-state index is 3.79. The zero-order valence-electron chi connectivity index (χ0n) is 6.75. The van der Waals surface area contributed by atoms with Gasteiger partial charge in [-0.15, -0.1) is 0 Å². The van der Waals surface area contributed by atoms with E-state index in [2.05, 4.69) is 37.8 Å². The Labute approximate surface area is 76.8 Å². The Kier molecular flexibility index (Phi) is 2.96. The molecular weight excluding hydrogens is 195 g/mol. The fourth-order valence-electron chi connectivity index (χ4n) is 1.05. The van der Waals surface area contributed by atoms with Gasteiger partial charge in [-0.3, -0.25) is 0 Å². The number of benzene rings is 1. The van der Waals surface area contributed by atoms with Crippen LogP contribution in [0.15, 0.2) is 36.9 Å². The van der Waals surface area contributed by atoms with Crippen LogP contribution in [0.4, 0.5) is 0 Å². The first-order valence-electron chi connectivity index (χ1n) is 3.72. The van der Waals surface area contributed by atoms with Gasteiger partial charge in [0.1, 0.15) is 0 Å². The molecule has 1 rings (SSSR count). The molecule has 0 amide bonds. The molecule has 0 saturated heterocycles. The summed E-state index contributed by atoms with van der Waals surface area (Å²) in [5.41, 5.74) is 1.41. The summed E-state index contributed by atoms with van der Waals surface area (Å²) in [6, 6.07) is 8.49. The molecule has 0 fully saturated rings. The molecule has 1 heteroatoms. The van der Waals surface area contributed by atoms with Crippen molar-refractivity contribution in [1.29, 1.82) is 0 Å². The third-order valence-corrected chi connectivity index (χ3v) is 2.94. The van der Waals surface area contributed by atoms with Gasteiger partial charge in [0.25, 0.3) is 0 Å². The van der Waals surface area contributed by atoms with Crippen LogP contribution in [-0.2, 0) is 0 Å². The van der Waals surface area contributed by atoms with Gasteiger partial charge in [0.15, 0.2) is 0 Å². The SMILES string of the molecule is C=CC(C)c1ccccc1[AsH2]. The predicted octanol–water partition coefficient (Wildman–Crippen LogP) is 1.23. The molecule has 2 unspecified atom stereocenters. The molecule has 0 bridgehead atoms. The van der Waals surface area contributed by atoms with E-state index in [0.29, 0.717) is 5.92 Å². The average molecular weight is 208 g/mol. The fourth-order valence-corrected chi connectivity index (χ4v) is 2.04. The average Bonchev–Trinajstić information content (AvgIpc) is 2.04. The first kappa shape index (κ1) is 8.61. The second-order valence-electron chi connectivity index (χ2n) is 2.65. The van der Waals surface area contributed by atoms with Gasteiger partial charge in [0.05, 0.1) is 0 Å². The molecule has 1 aromatic rings. The van der Waals surface area contributed by atoms with Crippen molar-refractivity contribution in [2.45, 2.75) is 12.8 Å². The Morgan fingerprint density at radius 1 is 1.45 bits per heavy atom. The number of allylic oxidation sites excluding steroid dienone is 1. The van der Waals surface area contributed by atoms with E-state index < -0.39 is 0 Å². The van der Waals surface area contributed by atoms with Gasteiger partial charge in [-0.1, -0.05) is 0 Å². The van der Waals surface area contributed by atoms with Crippen molar-refractivity contribution in [3.05, 3.63) is 42.5 Å². The topological polar surface area (TPSA) is 0 Å². The van der Waals surface area contributed by atoms with Crippen molar-refractivity contribution < 1.29 is 0 Å². The molecule has 1 aromatic carbocycles. The molecule has 11 heavy (non-hydrogen) atoms. The second-order valence-corrected chi connectivity index (χ2v) is 3.96. The predicted molar refractivity (Wildman–Crippen MR) is 53.2 cm³/mol. The van der Waals surface area contributed by atoms with E-state index in [-0.39, 0.29) is 0 Å². The van der Waals surface area contributed by atoms with Crippen molar-refractivity contribution >= 4 is 21.2 Å². The molecule has 0 aliphatic carbocycles. The van der Waals surface area contributed by atoms with Crippen LogP contribution in [0, 0.1) is 0 Å². The second kappa shape index (κ2) is 3.78. The van der Waals surface area contributed by atoms with E-state index in [1.165, 1.54) is 9.91 Å². The molecule has 0 radical (unpaired) electrons. The van der Waals surface area contributed by atoms with Crippen LogP contribution in [0.3, 0.4) is 0 Å². The Morgan fingerprint density at radius 2 is 2.09 bits per heavy atom. The number of hydrogen-bond donors (Lipinski definition) is 0. The molecule has 0 aliphatic heterocycles. The molecule has 0 aliphatic rings. The standard InChI is InChI=1S/C10H13As/c1-3-8(2)9-6-4-5-7-10(9)11/h3-8H,1,11H2,2H3. The molecule has 0 N–H and O–H groups in total. The van der Waals surface area contributed by atoms with Crippen LogP contribution >= 0.6 is 0 Å². The molecule has 0 spiro atoms. The van der Waals surface area contributed by atoms with Crippen LogP contribution in [-0.4, -0.2) is 16.9 Å². The molecule has 0 saturated carbocycles. The van der Waals surface area contributed by atoms with E-state index in [1.54, 1.807) is 16.9 Å². The van der Waals surface area contributed by atoms with Crippen molar-refractivity contribution in [2.75, 3.05) is 0 Å². The third kappa shape index (κ3) is 1.97. The normalized spacial score (nSPS) is 12.5. The summed E-state index contributed by atoms with van der Waals surface area (Å²) in [7, 11) is 0. The van der Waals surface area contributed by atoms with Gasteiger partial charge in [-0.25, -0.2) is 0 Å². The van der Waals surface area contributed by atoms with Crippen LogP contribution in [0.2, 0.25) is 0 Å². The minimum atomic E-state index is 0.484. The van der Waals surface area contributed by atoms with Gasteiger partial charge in [-0.05, 0) is 0 Å². The summed E-state index contributed by atoms with van der Waals surface area (Å²) in [4.78, 5) is 0. The van der Waals surface area contributed by atoms with Crippen LogP contribution in [0.25, 0.3) is 0 Å². The van der Waals surface area contributed by atoms with Crippen molar-refractivity contribution in [1.82, 2.24) is 0 Å². The quantitative estimate of drug-likeness (QED) is 0.506. The zero-order chi connectivity index (χ0) is 8.27. The fraction of sp³-hybridized carbons (Fsp3) is 0.200. The summed E-state index contributed by atoms with van der Waals surface area (Å²) >= 11 is 1.68. The first-order valence-corrected chi connectivity index (χ1v) is 4.93. The van der Waals surface area contributed by atoms with Crippen molar-refractivity contribution in [2.24, 2.45) is 0 Å². The molecule has 0 nitrogen and oxygen atoms in total. The summed E-state index contributed by atoms with van der Waals surface area (Å²) in [6.07, 6.45) is 1.98. The van der Waals surface area contributed by atoms with Gasteiger partial charge in [0.2, 0.25) is 0 Å². The molecule has 0 heterocycles. The van der Waals surface area contributed by atoms with Crippen molar-refractivity contribution in [3.63, 3.8) is 0 Å². The van der Waals surface area contributed by atoms with E-state index >= 15 is 0 Å². The van der Waals surface area contributed by atoms with E-state index in [1.807, 2.05) is 6.08 Å². The van der Waals surface area contributed by atoms with E-state index in [0.717, 1.165) is 0 Å². The van der Waals surface area contributed by atoms with Crippen LogP contribution in [0.1, 0.15) is 18.4 Å².